The van der Waals surface area contributed by atoms with E-state index in [2.05, 4.69) is 36.0 Å². The maximum Gasteiger partial charge on any atom is 0.0867 e. The molecule has 0 aromatic carbocycles. The van der Waals surface area contributed by atoms with Crippen LogP contribution in [0.2, 0.25) is 0 Å². The standard InChI is InChI=1S/C15H25N3O/c1-11(2)19-14-9-15(4-6-16-7-5-15)8-13-12(14)10-17-18(13)3/h10-11,14,16H,4-9H2,1-3H3. The molecule has 1 unspecified atom stereocenters. The predicted molar refractivity (Wildman–Crippen MR) is 75.0 cm³/mol. The fourth-order valence-corrected chi connectivity index (χ4v) is 3.68. The number of rotatable bonds is 2. The van der Waals surface area contributed by atoms with Crippen molar-refractivity contribution in [3.8, 4) is 0 Å². The predicted octanol–water partition coefficient (Wildman–Crippen LogP) is 2.20. The number of ether oxygens (including phenoxy) is 1. The van der Waals surface area contributed by atoms with Gasteiger partial charge in [-0.1, -0.05) is 0 Å². The Balaban J connectivity index is 1.92. The Morgan fingerprint density at radius 2 is 2.16 bits per heavy atom. The van der Waals surface area contributed by atoms with E-state index >= 15 is 0 Å². The molecule has 4 nitrogen and oxygen atoms in total. The number of nitrogens with one attached hydrogen (secondary N) is 1. The van der Waals surface area contributed by atoms with Crippen LogP contribution in [0.5, 0.6) is 0 Å². The fourth-order valence-electron chi connectivity index (χ4n) is 3.68. The summed E-state index contributed by atoms with van der Waals surface area (Å²) in [5.74, 6) is 0. The lowest BCUT2D eigenvalue weighted by atomic mass is 9.67. The van der Waals surface area contributed by atoms with Gasteiger partial charge in [0.2, 0.25) is 0 Å². The van der Waals surface area contributed by atoms with E-state index in [1.165, 1.54) is 30.5 Å². The lowest BCUT2D eigenvalue weighted by Crippen LogP contribution is -2.42. The van der Waals surface area contributed by atoms with E-state index in [1.54, 1.807) is 0 Å². The van der Waals surface area contributed by atoms with Crippen molar-refractivity contribution in [2.45, 2.75) is 51.7 Å². The molecule has 0 radical (unpaired) electrons. The van der Waals surface area contributed by atoms with Gasteiger partial charge in [-0.2, -0.15) is 5.10 Å². The molecule has 1 aromatic rings. The van der Waals surface area contributed by atoms with Crippen LogP contribution in [0.15, 0.2) is 6.20 Å². The van der Waals surface area contributed by atoms with Gasteiger partial charge in [0.05, 0.1) is 18.4 Å². The summed E-state index contributed by atoms with van der Waals surface area (Å²) >= 11 is 0. The van der Waals surface area contributed by atoms with E-state index in [9.17, 15) is 0 Å². The molecule has 19 heavy (non-hydrogen) atoms. The summed E-state index contributed by atoms with van der Waals surface area (Å²) in [5.41, 5.74) is 3.13. The maximum absolute atomic E-state index is 6.18. The van der Waals surface area contributed by atoms with Gasteiger partial charge >= 0.3 is 0 Å². The molecule has 0 amide bonds. The monoisotopic (exact) mass is 263 g/mol. The van der Waals surface area contributed by atoms with Crippen molar-refractivity contribution in [1.82, 2.24) is 15.1 Å². The molecular weight excluding hydrogens is 238 g/mol. The number of nitrogens with zero attached hydrogens (tertiary/aromatic N) is 2. The second kappa shape index (κ2) is 4.91. The molecule has 1 aliphatic heterocycles. The molecule has 1 aromatic heterocycles. The van der Waals surface area contributed by atoms with Gasteiger partial charge in [-0.25, -0.2) is 0 Å². The van der Waals surface area contributed by atoms with Crippen molar-refractivity contribution in [3.05, 3.63) is 17.5 Å². The van der Waals surface area contributed by atoms with Crippen LogP contribution in [0.25, 0.3) is 0 Å². The molecule has 0 bridgehead atoms. The molecule has 1 atom stereocenters. The molecular formula is C15H25N3O. The van der Waals surface area contributed by atoms with Crippen LogP contribution in [0.4, 0.5) is 0 Å². The minimum absolute atomic E-state index is 0.232. The number of fused-ring (bicyclic) bond motifs is 1. The Bertz CT molecular complexity index is 446. The van der Waals surface area contributed by atoms with E-state index in [-0.39, 0.29) is 12.2 Å². The summed E-state index contributed by atoms with van der Waals surface area (Å²) < 4.78 is 8.24. The Hall–Kier alpha value is -0.870. The highest BCUT2D eigenvalue weighted by molar-refractivity contribution is 5.26. The van der Waals surface area contributed by atoms with Gasteiger partial charge in [0.15, 0.2) is 0 Å². The number of aromatic nitrogens is 2. The van der Waals surface area contributed by atoms with Gasteiger partial charge in [0.1, 0.15) is 0 Å². The van der Waals surface area contributed by atoms with Crippen molar-refractivity contribution in [2.75, 3.05) is 13.1 Å². The minimum Gasteiger partial charge on any atom is -0.371 e. The Morgan fingerprint density at radius 1 is 1.42 bits per heavy atom. The first-order valence-electron chi connectivity index (χ1n) is 7.47. The third kappa shape index (κ3) is 2.43. The summed E-state index contributed by atoms with van der Waals surface area (Å²) in [7, 11) is 2.06. The SMILES string of the molecule is CC(C)OC1CC2(CCNCC2)Cc2c1cnn2C. The number of hydrogen-bond acceptors (Lipinski definition) is 3. The molecule has 1 spiro atoms. The zero-order valence-electron chi connectivity index (χ0n) is 12.3. The zero-order chi connectivity index (χ0) is 13.5. The van der Waals surface area contributed by atoms with Crippen LogP contribution in [0.3, 0.4) is 0 Å². The zero-order valence-corrected chi connectivity index (χ0v) is 12.3. The second-order valence-corrected chi connectivity index (χ2v) is 6.47. The fraction of sp³-hybridized carbons (Fsp3) is 0.800. The normalized spacial score (nSPS) is 25.8. The first-order valence-corrected chi connectivity index (χ1v) is 7.47. The van der Waals surface area contributed by atoms with Gasteiger partial charge in [-0.3, -0.25) is 4.68 Å². The summed E-state index contributed by atoms with van der Waals surface area (Å²) in [6.45, 7) is 6.53. The Morgan fingerprint density at radius 3 is 2.84 bits per heavy atom. The molecule has 106 valence electrons. The average molecular weight is 263 g/mol. The third-order valence-electron chi connectivity index (χ3n) is 4.70. The second-order valence-electron chi connectivity index (χ2n) is 6.47. The van der Waals surface area contributed by atoms with Crippen LogP contribution in [0.1, 0.15) is 50.5 Å². The highest BCUT2D eigenvalue weighted by Gasteiger charge is 2.42. The van der Waals surface area contributed by atoms with Gasteiger partial charge in [0.25, 0.3) is 0 Å². The maximum atomic E-state index is 6.18. The van der Waals surface area contributed by atoms with Crippen molar-refractivity contribution in [2.24, 2.45) is 12.5 Å². The van der Waals surface area contributed by atoms with Crippen molar-refractivity contribution in [1.29, 1.82) is 0 Å². The van der Waals surface area contributed by atoms with E-state index in [0.29, 0.717) is 5.41 Å². The third-order valence-corrected chi connectivity index (χ3v) is 4.70. The van der Waals surface area contributed by atoms with Crippen LogP contribution >= 0.6 is 0 Å². The van der Waals surface area contributed by atoms with Crippen molar-refractivity contribution in [3.63, 3.8) is 0 Å². The first kappa shape index (κ1) is 13.1. The van der Waals surface area contributed by atoms with Gasteiger partial charge in [-0.05, 0) is 58.0 Å². The Kier molecular flexibility index (Phi) is 3.39. The molecule has 1 N–H and O–H groups in total. The minimum atomic E-state index is 0.232. The molecule has 0 saturated carbocycles. The molecule has 1 aliphatic carbocycles. The smallest absolute Gasteiger partial charge is 0.0867 e. The lowest BCUT2D eigenvalue weighted by molar-refractivity contribution is -0.0381. The molecule has 1 saturated heterocycles. The summed E-state index contributed by atoms with van der Waals surface area (Å²) in [4.78, 5) is 0. The lowest BCUT2D eigenvalue weighted by Gasteiger charge is -2.44. The van der Waals surface area contributed by atoms with Crippen LogP contribution in [-0.4, -0.2) is 29.0 Å². The summed E-state index contributed by atoms with van der Waals surface area (Å²) in [6.07, 6.45) is 7.36. The molecule has 2 heterocycles. The van der Waals surface area contributed by atoms with Crippen molar-refractivity contribution >= 4 is 0 Å². The van der Waals surface area contributed by atoms with Crippen molar-refractivity contribution < 1.29 is 4.74 Å². The van der Waals surface area contributed by atoms with E-state index in [0.717, 1.165) is 19.5 Å². The van der Waals surface area contributed by atoms with Gasteiger partial charge in [-0.15, -0.1) is 0 Å². The van der Waals surface area contributed by atoms with Crippen LogP contribution in [-0.2, 0) is 18.2 Å². The number of piperidine rings is 1. The highest BCUT2D eigenvalue weighted by Crippen LogP contribution is 2.47. The number of hydrogen-bond donors (Lipinski definition) is 1. The van der Waals surface area contributed by atoms with Gasteiger partial charge in [0, 0.05) is 18.3 Å². The van der Waals surface area contributed by atoms with Gasteiger partial charge < -0.3 is 10.1 Å². The molecule has 3 rings (SSSR count). The highest BCUT2D eigenvalue weighted by atomic mass is 16.5. The molecule has 2 aliphatic rings. The topological polar surface area (TPSA) is 39.1 Å². The summed E-state index contributed by atoms with van der Waals surface area (Å²) in [5, 5.41) is 7.94. The Labute approximate surface area is 115 Å². The molecule has 4 heteroatoms. The van der Waals surface area contributed by atoms with E-state index in [4.69, 9.17) is 4.74 Å². The summed E-state index contributed by atoms with van der Waals surface area (Å²) in [6, 6.07) is 0. The quantitative estimate of drug-likeness (QED) is 0.889. The van der Waals surface area contributed by atoms with Crippen LogP contribution < -0.4 is 5.32 Å². The largest absolute Gasteiger partial charge is 0.371 e. The van der Waals surface area contributed by atoms with E-state index < -0.39 is 0 Å². The average Bonchev–Trinajstić information content (AvgIpc) is 2.71. The van der Waals surface area contributed by atoms with Crippen LogP contribution in [0, 0.1) is 5.41 Å². The molecule has 1 fully saturated rings. The number of aryl methyl sites for hydroxylation is 1. The van der Waals surface area contributed by atoms with E-state index in [1.807, 2.05) is 6.20 Å². The first-order chi connectivity index (χ1) is 9.10.